The first-order valence-corrected chi connectivity index (χ1v) is 7.77. The molecule has 2 rings (SSSR count). The van der Waals surface area contributed by atoms with Crippen LogP contribution in [0.25, 0.3) is 0 Å². The summed E-state index contributed by atoms with van der Waals surface area (Å²) < 4.78 is 51.3. The minimum atomic E-state index is -3.84. The quantitative estimate of drug-likeness (QED) is 0.923. The van der Waals surface area contributed by atoms with E-state index in [1.165, 1.54) is 12.1 Å². The molecule has 2 unspecified atom stereocenters. The Kier molecular flexibility index (Phi) is 4.41. The molecule has 4 nitrogen and oxygen atoms in total. The lowest BCUT2D eigenvalue weighted by atomic mass is 9.98. The van der Waals surface area contributed by atoms with Crippen molar-refractivity contribution in [1.82, 2.24) is 4.31 Å². The molecule has 1 N–H and O–H groups in total. The summed E-state index contributed by atoms with van der Waals surface area (Å²) in [5.74, 6) is -1.13. The van der Waals surface area contributed by atoms with Crippen LogP contribution in [0.15, 0.2) is 29.2 Å². The summed E-state index contributed by atoms with van der Waals surface area (Å²) in [6.07, 6.45) is -3.76. The van der Waals surface area contributed by atoms with E-state index in [0.29, 0.717) is 0 Å². The van der Waals surface area contributed by atoms with Crippen LogP contribution in [0.3, 0.4) is 0 Å². The molecule has 0 saturated carbocycles. The largest absolute Gasteiger partial charge is 0.392 e. The molecule has 1 aromatic carbocycles. The highest BCUT2D eigenvalue weighted by Crippen LogP contribution is 2.27. The van der Waals surface area contributed by atoms with E-state index in [9.17, 15) is 22.3 Å². The van der Waals surface area contributed by atoms with Crippen molar-refractivity contribution in [1.29, 1.82) is 0 Å². The van der Waals surface area contributed by atoms with Gasteiger partial charge in [-0.25, -0.2) is 17.2 Å². The second-order valence-corrected chi connectivity index (χ2v) is 7.06. The summed E-state index contributed by atoms with van der Waals surface area (Å²) in [5.41, 5.74) is 0.910. The number of β-amino-alcohol motifs (C(OH)–C–C–N with tert-alkyl or cyclic N) is 1. The van der Waals surface area contributed by atoms with Crippen molar-refractivity contribution in [2.24, 2.45) is 5.92 Å². The Morgan fingerprint density at radius 2 is 1.85 bits per heavy atom. The molecule has 1 fully saturated rings. The van der Waals surface area contributed by atoms with Crippen molar-refractivity contribution in [2.75, 3.05) is 13.1 Å². The van der Waals surface area contributed by atoms with E-state index in [-0.39, 0.29) is 24.4 Å². The van der Waals surface area contributed by atoms with Crippen molar-refractivity contribution in [3.05, 3.63) is 29.8 Å². The van der Waals surface area contributed by atoms with Crippen LogP contribution in [-0.4, -0.2) is 43.4 Å². The molecule has 1 saturated heterocycles. The van der Waals surface area contributed by atoms with Crippen molar-refractivity contribution >= 4 is 10.0 Å². The zero-order valence-electron chi connectivity index (χ0n) is 11.0. The van der Waals surface area contributed by atoms with Crippen LogP contribution in [-0.2, 0) is 10.0 Å². The normalized spacial score (nSPS) is 25.1. The van der Waals surface area contributed by atoms with E-state index in [1.807, 2.05) is 6.92 Å². The first kappa shape index (κ1) is 15.3. The summed E-state index contributed by atoms with van der Waals surface area (Å²) in [4.78, 5) is 0.0604. The zero-order valence-corrected chi connectivity index (χ0v) is 11.9. The number of hydrogen-bond donors (Lipinski definition) is 1. The number of piperidine rings is 1. The van der Waals surface area contributed by atoms with E-state index in [4.69, 9.17) is 0 Å². The van der Waals surface area contributed by atoms with Gasteiger partial charge in [-0.3, -0.25) is 0 Å². The summed E-state index contributed by atoms with van der Waals surface area (Å²) in [7, 11) is -3.84. The topological polar surface area (TPSA) is 57.6 Å². The number of aliphatic hydroxyl groups excluding tert-OH is 1. The molecule has 2 atom stereocenters. The number of aryl methyl sites for hydroxylation is 1. The summed E-state index contributed by atoms with van der Waals surface area (Å²) in [6, 6.07) is 6.20. The number of nitrogens with zero attached hydrogens (tertiary/aromatic N) is 1. The van der Waals surface area contributed by atoms with E-state index < -0.39 is 28.5 Å². The second-order valence-electron chi connectivity index (χ2n) is 5.12. The van der Waals surface area contributed by atoms with Gasteiger partial charge in [-0.15, -0.1) is 0 Å². The summed E-state index contributed by atoms with van der Waals surface area (Å²) >= 11 is 0. The monoisotopic (exact) mass is 305 g/mol. The number of sulfonamides is 1. The average molecular weight is 305 g/mol. The molecule has 20 heavy (non-hydrogen) atoms. The fraction of sp³-hybridized carbons (Fsp3) is 0.538. The Bertz CT molecular complexity index is 559. The van der Waals surface area contributed by atoms with Gasteiger partial charge >= 0.3 is 0 Å². The van der Waals surface area contributed by atoms with Crippen molar-refractivity contribution in [3.8, 4) is 0 Å². The number of benzene rings is 1. The molecular formula is C13H17F2NO3S. The Morgan fingerprint density at radius 3 is 2.40 bits per heavy atom. The Morgan fingerprint density at radius 1 is 1.25 bits per heavy atom. The van der Waals surface area contributed by atoms with Crippen LogP contribution in [0.1, 0.15) is 12.0 Å². The molecule has 0 aliphatic carbocycles. The molecule has 1 aromatic rings. The molecule has 0 spiro atoms. The Labute approximate surface area is 117 Å². The number of rotatable bonds is 3. The van der Waals surface area contributed by atoms with Crippen LogP contribution in [0.4, 0.5) is 8.78 Å². The van der Waals surface area contributed by atoms with Gasteiger partial charge in [-0.2, -0.15) is 4.31 Å². The van der Waals surface area contributed by atoms with Gasteiger partial charge in [0.2, 0.25) is 16.4 Å². The maximum atomic E-state index is 12.8. The van der Waals surface area contributed by atoms with Crippen LogP contribution >= 0.6 is 0 Å². The predicted octanol–water partition coefficient (Wildman–Crippen LogP) is 1.63. The second kappa shape index (κ2) is 5.75. The smallest absolute Gasteiger partial charge is 0.243 e. The fourth-order valence-corrected chi connectivity index (χ4v) is 3.84. The molecule has 0 aromatic heterocycles. The summed E-state index contributed by atoms with van der Waals surface area (Å²) in [6.45, 7) is 1.43. The summed E-state index contributed by atoms with van der Waals surface area (Å²) in [5, 5.41) is 9.61. The molecule has 112 valence electrons. The maximum Gasteiger partial charge on any atom is 0.243 e. The van der Waals surface area contributed by atoms with Gasteiger partial charge in [0.25, 0.3) is 0 Å². The number of aliphatic hydroxyl groups is 1. The van der Waals surface area contributed by atoms with Crippen LogP contribution in [0.2, 0.25) is 0 Å². The van der Waals surface area contributed by atoms with E-state index in [0.717, 1.165) is 9.87 Å². The van der Waals surface area contributed by atoms with E-state index >= 15 is 0 Å². The molecule has 0 amide bonds. The van der Waals surface area contributed by atoms with Crippen molar-refractivity contribution < 1.29 is 22.3 Å². The van der Waals surface area contributed by atoms with Gasteiger partial charge in [-0.05, 0) is 25.5 Å². The highest BCUT2D eigenvalue weighted by atomic mass is 32.2. The van der Waals surface area contributed by atoms with Crippen LogP contribution < -0.4 is 0 Å². The van der Waals surface area contributed by atoms with Crippen LogP contribution in [0, 0.1) is 12.8 Å². The van der Waals surface area contributed by atoms with Gasteiger partial charge < -0.3 is 5.11 Å². The third kappa shape index (κ3) is 3.16. The molecule has 0 radical (unpaired) electrons. The third-order valence-electron chi connectivity index (χ3n) is 3.44. The Balaban J connectivity index is 2.26. The molecule has 1 heterocycles. The van der Waals surface area contributed by atoms with Crippen LogP contribution in [0.5, 0.6) is 0 Å². The first-order chi connectivity index (χ1) is 9.30. The van der Waals surface area contributed by atoms with Gasteiger partial charge in [-0.1, -0.05) is 17.7 Å². The van der Waals surface area contributed by atoms with Gasteiger partial charge in [0.15, 0.2) is 0 Å². The average Bonchev–Trinajstić information content (AvgIpc) is 2.38. The van der Waals surface area contributed by atoms with Gasteiger partial charge in [0.1, 0.15) is 0 Å². The lowest BCUT2D eigenvalue weighted by Crippen LogP contribution is -2.47. The molecule has 0 bridgehead atoms. The van der Waals surface area contributed by atoms with E-state index in [1.54, 1.807) is 12.1 Å². The highest BCUT2D eigenvalue weighted by Gasteiger charge is 2.37. The molecule has 1 aliphatic heterocycles. The standard InChI is InChI=1S/C13H17F2NO3S/c1-9-2-4-12(5-3-9)20(18,19)16-7-10(13(14)15)6-11(17)8-16/h2-5,10-11,13,17H,6-8H2,1H3. The SMILES string of the molecule is Cc1ccc(S(=O)(=O)N2CC(O)CC(C(F)F)C2)cc1. The lowest BCUT2D eigenvalue weighted by Gasteiger charge is -2.34. The van der Waals surface area contributed by atoms with Crippen molar-refractivity contribution in [2.45, 2.75) is 30.8 Å². The van der Waals surface area contributed by atoms with E-state index in [2.05, 4.69) is 0 Å². The lowest BCUT2D eigenvalue weighted by molar-refractivity contribution is -0.00253. The maximum absolute atomic E-state index is 12.8. The van der Waals surface area contributed by atoms with Crippen molar-refractivity contribution in [3.63, 3.8) is 0 Å². The number of hydrogen-bond acceptors (Lipinski definition) is 3. The minimum Gasteiger partial charge on any atom is -0.392 e. The number of halogens is 2. The molecular weight excluding hydrogens is 288 g/mol. The number of alkyl halides is 2. The van der Waals surface area contributed by atoms with Gasteiger partial charge in [0, 0.05) is 19.0 Å². The first-order valence-electron chi connectivity index (χ1n) is 6.33. The zero-order chi connectivity index (χ0) is 14.9. The Hall–Kier alpha value is -1.05. The predicted molar refractivity (Wildman–Crippen MR) is 70.1 cm³/mol. The highest BCUT2D eigenvalue weighted by molar-refractivity contribution is 7.89. The van der Waals surface area contributed by atoms with Gasteiger partial charge in [0.05, 0.1) is 11.0 Å². The minimum absolute atomic E-state index is 0.0604. The molecule has 1 aliphatic rings. The third-order valence-corrected chi connectivity index (χ3v) is 5.29. The molecule has 7 heteroatoms. The fourth-order valence-electron chi connectivity index (χ4n) is 2.31.